The summed E-state index contributed by atoms with van der Waals surface area (Å²) in [6.07, 6.45) is 6.23. The minimum atomic E-state index is -0.532. The Morgan fingerprint density at radius 2 is 2.17 bits per heavy atom. The van der Waals surface area contributed by atoms with Crippen LogP contribution in [0, 0.1) is 17.1 Å². The van der Waals surface area contributed by atoms with Gasteiger partial charge in [0.05, 0.1) is 11.6 Å². The number of hydrogen-bond donors (Lipinski definition) is 2. The van der Waals surface area contributed by atoms with Crippen molar-refractivity contribution in [3.63, 3.8) is 0 Å². The second kappa shape index (κ2) is 7.65. The summed E-state index contributed by atoms with van der Waals surface area (Å²) < 4.78 is 28.0. The van der Waals surface area contributed by atoms with E-state index in [0.29, 0.717) is 11.3 Å². The lowest BCUT2D eigenvalue weighted by Gasteiger charge is -2.26. The van der Waals surface area contributed by atoms with E-state index in [0.717, 1.165) is 25.2 Å². The molecule has 124 valence electrons. The number of nitrogens with zero attached hydrogens (tertiary/aromatic N) is 1. The summed E-state index contributed by atoms with van der Waals surface area (Å²) in [5, 5.41) is 14.7. The summed E-state index contributed by atoms with van der Waals surface area (Å²) >= 11 is 1.29. The summed E-state index contributed by atoms with van der Waals surface area (Å²) in [6, 6.07) is 6.27. The van der Waals surface area contributed by atoms with Gasteiger partial charge in [-0.2, -0.15) is 5.26 Å². The van der Waals surface area contributed by atoms with E-state index in [1.165, 1.54) is 29.5 Å². The average molecular weight is 345 g/mol. The molecule has 24 heavy (non-hydrogen) atoms. The van der Waals surface area contributed by atoms with E-state index >= 15 is 0 Å². The van der Waals surface area contributed by atoms with Gasteiger partial charge in [0.1, 0.15) is 17.0 Å². The fourth-order valence-electron chi connectivity index (χ4n) is 2.60. The third-order valence-corrected chi connectivity index (χ3v) is 5.10. The maximum absolute atomic E-state index is 14.1. The monoisotopic (exact) mass is 345 g/mol. The van der Waals surface area contributed by atoms with Crippen LogP contribution in [0.5, 0.6) is 0 Å². The van der Waals surface area contributed by atoms with Gasteiger partial charge >= 0.3 is 0 Å². The van der Waals surface area contributed by atoms with Crippen molar-refractivity contribution < 1.29 is 8.78 Å². The number of benzene rings is 1. The molecule has 2 aliphatic heterocycles. The summed E-state index contributed by atoms with van der Waals surface area (Å²) in [7, 11) is 0. The van der Waals surface area contributed by atoms with Crippen LogP contribution < -0.4 is 10.6 Å². The molecule has 1 atom stereocenters. The number of nitrogens with one attached hydrogen (secondary N) is 2. The average Bonchev–Trinajstić information content (AvgIpc) is 2.62. The molecule has 6 heteroatoms. The Hall–Kier alpha value is -2.10. The van der Waals surface area contributed by atoms with Crippen LogP contribution in [0.2, 0.25) is 0 Å². The van der Waals surface area contributed by atoms with Gasteiger partial charge in [0.15, 0.2) is 0 Å². The fourth-order valence-corrected chi connectivity index (χ4v) is 3.63. The lowest BCUT2D eigenvalue weighted by atomic mass is 10.0. The molecule has 0 fully saturated rings. The molecular weight excluding hydrogens is 328 g/mol. The van der Waals surface area contributed by atoms with Gasteiger partial charge in [-0.15, -0.1) is 11.8 Å². The van der Waals surface area contributed by atoms with Crippen molar-refractivity contribution >= 4 is 11.8 Å². The first-order chi connectivity index (χ1) is 11.7. The summed E-state index contributed by atoms with van der Waals surface area (Å²) in [5.74, 6) is -0.379. The molecule has 0 radical (unpaired) electrons. The van der Waals surface area contributed by atoms with Gasteiger partial charge in [0, 0.05) is 18.0 Å². The predicted molar refractivity (Wildman–Crippen MR) is 92.2 cm³/mol. The van der Waals surface area contributed by atoms with E-state index in [-0.39, 0.29) is 11.4 Å². The van der Waals surface area contributed by atoms with Crippen molar-refractivity contribution in [1.29, 1.82) is 5.26 Å². The summed E-state index contributed by atoms with van der Waals surface area (Å²) in [4.78, 5) is 0. The first-order valence-electron chi connectivity index (χ1n) is 7.71. The van der Waals surface area contributed by atoms with E-state index in [1.807, 2.05) is 6.07 Å². The van der Waals surface area contributed by atoms with Gasteiger partial charge in [-0.25, -0.2) is 8.78 Å². The highest BCUT2D eigenvalue weighted by molar-refractivity contribution is 7.99. The highest BCUT2D eigenvalue weighted by atomic mass is 32.2. The standard InChI is InChI=1S/C18H17F2N3S/c19-15-3-4-17(13-5-7-22-8-6-13)23-18(15)24-11-14-2-1-12(10-21)9-16(14)20/h1-5,9,18,22-23H,6-8,11H2. The highest BCUT2D eigenvalue weighted by Crippen LogP contribution is 2.29. The lowest BCUT2D eigenvalue weighted by molar-refractivity contribution is 0.563. The van der Waals surface area contributed by atoms with E-state index < -0.39 is 11.2 Å². The van der Waals surface area contributed by atoms with Gasteiger partial charge in [0.2, 0.25) is 0 Å². The third kappa shape index (κ3) is 3.86. The summed E-state index contributed by atoms with van der Waals surface area (Å²) in [6.45, 7) is 1.72. The van der Waals surface area contributed by atoms with E-state index in [9.17, 15) is 8.78 Å². The minimum absolute atomic E-state index is 0.271. The zero-order valence-corrected chi connectivity index (χ0v) is 13.8. The zero-order chi connectivity index (χ0) is 16.9. The molecular formula is C18H17F2N3S. The van der Waals surface area contributed by atoms with Gasteiger partial charge in [-0.1, -0.05) is 12.1 Å². The van der Waals surface area contributed by atoms with Crippen molar-refractivity contribution in [1.82, 2.24) is 10.6 Å². The van der Waals surface area contributed by atoms with Crippen molar-refractivity contribution in [3.8, 4) is 6.07 Å². The first-order valence-corrected chi connectivity index (χ1v) is 8.76. The van der Waals surface area contributed by atoms with Gasteiger partial charge in [-0.3, -0.25) is 0 Å². The van der Waals surface area contributed by atoms with Crippen LogP contribution in [0.25, 0.3) is 0 Å². The van der Waals surface area contributed by atoms with Crippen molar-refractivity contribution in [3.05, 3.63) is 70.5 Å². The molecule has 0 bridgehead atoms. The molecule has 0 spiro atoms. The van der Waals surface area contributed by atoms with Crippen LogP contribution in [0.4, 0.5) is 8.78 Å². The number of rotatable bonds is 4. The quantitative estimate of drug-likeness (QED) is 0.877. The fraction of sp³-hybridized carbons (Fsp3) is 0.278. The van der Waals surface area contributed by atoms with Crippen LogP contribution in [0.1, 0.15) is 17.5 Å². The van der Waals surface area contributed by atoms with Crippen molar-refractivity contribution in [2.45, 2.75) is 17.5 Å². The van der Waals surface area contributed by atoms with Crippen LogP contribution >= 0.6 is 11.8 Å². The number of hydrogen-bond acceptors (Lipinski definition) is 4. The zero-order valence-electron chi connectivity index (χ0n) is 13.0. The van der Waals surface area contributed by atoms with E-state index in [2.05, 4.69) is 16.7 Å². The topological polar surface area (TPSA) is 47.9 Å². The van der Waals surface area contributed by atoms with Crippen LogP contribution in [-0.4, -0.2) is 18.5 Å². The lowest BCUT2D eigenvalue weighted by Crippen LogP contribution is -2.32. The molecule has 3 rings (SSSR count). The summed E-state index contributed by atoms with van der Waals surface area (Å²) in [5.41, 5.74) is 2.85. The Morgan fingerprint density at radius 1 is 1.29 bits per heavy atom. The molecule has 3 nitrogen and oxygen atoms in total. The molecule has 2 heterocycles. The molecule has 2 N–H and O–H groups in total. The van der Waals surface area contributed by atoms with Crippen LogP contribution in [0.15, 0.2) is 53.5 Å². The van der Waals surface area contributed by atoms with E-state index in [4.69, 9.17) is 5.26 Å². The molecule has 0 saturated carbocycles. The Morgan fingerprint density at radius 3 is 2.88 bits per heavy atom. The number of nitriles is 1. The third-order valence-electron chi connectivity index (χ3n) is 3.94. The van der Waals surface area contributed by atoms with E-state index in [1.54, 1.807) is 18.2 Å². The first kappa shape index (κ1) is 16.7. The van der Waals surface area contributed by atoms with Gasteiger partial charge in [0.25, 0.3) is 0 Å². The predicted octanol–water partition coefficient (Wildman–Crippen LogP) is 3.52. The Balaban J connectivity index is 1.66. The van der Waals surface area contributed by atoms with Gasteiger partial charge < -0.3 is 10.6 Å². The smallest absolute Gasteiger partial charge is 0.133 e. The molecule has 1 unspecified atom stereocenters. The van der Waals surface area contributed by atoms with Crippen LogP contribution in [0.3, 0.4) is 0 Å². The van der Waals surface area contributed by atoms with Crippen molar-refractivity contribution in [2.75, 3.05) is 13.1 Å². The highest BCUT2D eigenvalue weighted by Gasteiger charge is 2.22. The normalized spacial score (nSPS) is 20.4. The van der Waals surface area contributed by atoms with Gasteiger partial charge in [-0.05, 0) is 48.4 Å². The Bertz CT molecular complexity index is 762. The molecule has 1 aromatic rings. The second-order valence-electron chi connectivity index (χ2n) is 5.57. The Kier molecular flexibility index (Phi) is 5.34. The maximum Gasteiger partial charge on any atom is 0.133 e. The number of thioether (sulfide) groups is 1. The molecule has 0 aliphatic carbocycles. The largest absolute Gasteiger partial charge is 0.367 e. The maximum atomic E-state index is 14.1. The molecule has 0 saturated heterocycles. The number of dihydropyridines is 1. The van der Waals surface area contributed by atoms with Crippen molar-refractivity contribution in [2.24, 2.45) is 0 Å². The molecule has 2 aliphatic rings. The Labute approximate surface area is 144 Å². The molecule has 0 aromatic heterocycles. The second-order valence-corrected chi connectivity index (χ2v) is 6.66. The van der Waals surface area contributed by atoms with Crippen LogP contribution in [-0.2, 0) is 5.75 Å². The molecule has 0 amide bonds. The number of allylic oxidation sites excluding steroid dienone is 3. The number of halogens is 2. The molecule has 1 aromatic carbocycles. The SMILES string of the molecule is N#Cc1ccc(CSC2NC(C3=CCNCC3)=CC=C2F)c(F)c1. The minimum Gasteiger partial charge on any atom is -0.367 e.